The van der Waals surface area contributed by atoms with Crippen molar-refractivity contribution < 1.29 is 9.53 Å². The Morgan fingerprint density at radius 1 is 1.50 bits per heavy atom. The Labute approximate surface area is 136 Å². The Kier molecular flexibility index (Phi) is 13.5. The number of aryl methyl sites for hydroxylation is 1. The molecule has 0 aliphatic carbocycles. The van der Waals surface area contributed by atoms with Gasteiger partial charge in [-0.05, 0) is 6.42 Å². The highest BCUT2D eigenvalue weighted by atomic mass is 35.5. The van der Waals surface area contributed by atoms with E-state index in [9.17, 15) is 4.79 Å². The predicted molar refractivity (Wildman–Crippen MR) is 87.2 cm³/mol. The van der Waals surface area contributed by atoms with Gasteiger partial charge in [-0.3, -0.25) is 4.79 Å². The summed E-state index contributed by atoms with van der Waals surface area (Å²) in [5.41, 5.74) is 0. The first kappa shape index (κ1) is 21.9. The summed E-state index contributed by atoms with van der Waals surface area (Å²) >= 11 is 1.67. The van der Waals surface area contributed by atoms with Gasteiger partial charge in [0.25, 0.3) is 0 Å². The van der Waals surface area contributed by atoms with Crippen molar-refractivity contribution in [2.24, 2.45) is 0 Å². The second-order valence-electron chi connectivity index (χ2n) is 3.99. The Morgan fingerprint density at radius 2 is 2.20 bits per heavy atom. The first-order valence-corrected chi connectivity index (χ1v) is 6.86. The number of carbonyl (C=O) groups is 1. The number of amides is 1. The smallest absolute Gasteiger partial charge is 0.236 e. The molecule has 0 bridgehead atoms. The fourth-order valence-electron chi connectivity index (χ4n) is 1.38. The molecule has 8 heteroatoms. The number of halogens is 2. The molecule has 0 aliphatic heterocycles. The van der Waals surface area contributed by atoms with Gasteiger partial charge in [0.05, 0.1) is 19.7 Å². The molecule has 0 fully saturated rings. The largest absolute Gasteiger partial charge is 0.383 e. The summed E-state index contributed by atoms with van der Waals surface area (Å²) in [6, 6.07) is 0. The number of nitrogens with zero attached hydrogens (tertiary/aromatic N) is 2. The lowest BCUT2D eigenvalue weighted by Crippen LogP contribution is -2.36. The second-order valence-corrected chi connectivity index (χ2v) is 5.19. The van der Waals surface area contributed by atoms with Gasteiger partial charge in [0.1, 0.15) is 5.01 Å². The Balaban J connectivity index is 0. The standard InChI is InChI=1S/C12H21N3O2S.2ClH/c1-4-10-7-14-11(18-10)9-15(2)12(16)8-13-5-6-17-3;;/h7,13H,4-6,8-9H2,1-3H3;2*1H. The van der Waals surface area contributed by atoms with E-state index in [4.69, 9.17) is 4.74 Å². The molecule has 1 rings (SSSR count). The summed E-state index contributed by atoms with van der Waals surface area (Å²) in [5.74, 6) is 0.0688. The van der Waals surface area contributed by atoms with E-state index in [-0.39, 0.29) is 30.7 Å². The molecule has 1 aromatic rings. The van der Waals surface area contributed by atoms with Crippen LogP contribution in [0.4, 0.5) is 0 Å². The highest BCUT2D eigenvalue weighted by Crippen LogP contribution is 2.14. The van der Waals surface area contributed by atoms with Crippen molar-refractivity contribution >= 4 is 42.1 Å². The molecule has 0 saturated heterocycles. The van der Waals surface area contributed by atoms with Crippen molar-refractivity contribution in [2.75, 3.05) is 33.9 Å². The van der Waals surface area contributed by atoms with E-state index >= 15 is 0 Å². The molecule has 1 aromatic heterocycles. The third-order valence-electron chi connectivity index (χ3n) is 2.51. The number of carbonyl (C=O) groups excluding carboxylic acids is 1. The van der Waals surface area contributed by atoms with Crippen LogP contribution in [0.15, 0.2) is 6.20 Å². The average Bonchev–Trinajstić information content (AvgIpc) is 2.82. The van der Waals surface area contributed by atoms with Crippen LogP contribution in [-0.2, 0) is 22.5 Å². The summed E-state index contributed by atoms with van der Waals surface area (Å²) in [6.45, 7) is 4.32. The topological polar surface area (TPSA) is 54.5 Å². The highest BCUT2D eigenvalue weighted by Gasteiger charge is 2.10. The van der Waals surface area contributed by atoms with Crippen LogP contribution in [-0.4, -0.2) is 49.6 Å². The lowest BCUT2D eigenvalue weighted by molar-refractivity contribution is -0.129. The summed E-state index contributed by atoms with van der Waals surface area (Å²) in [4.78, 5) is 19.0. The first-order valence-electron chi connectivity index (χ1n) is 6.04. The monoisotopic (exact) mass is 343 g/mol. The van der Waals surface area contributed by atoms with Crippen LogP contribution in [0, 0.1) is 0 Å². The maximum Gasteiger partial charge on any atom is 0.236 e. The number of ether oxygens (including phenoxy) is 1. The zero-order valence-electron chi connectivity index (χ0n) is 12.0. The molecule has 0 aromatic carbocycles. The number of hydrogen-bond acceptors (Lipinski definition) is 5. The molecule has 118 valence electrons. The Bertz CT molecular complexity index is 377. The second kappa shape index (κ2) is 12.3. The summed E-state index contributed by atoms with van der Waals surface area (Å²) in [6.07, 6.45) is 2.88. The number of nitrogens with one attached hydrogen (secondary N) is 1. The van der Waals surface area contributed by atoms with Crippen LogP contribution in [0.3, 0.4) is 0 Å². The Hall–Kier alpha value is -0.400. The molecule has 1 heterocycles. The maximum atomic E-state index is 11.8. The van der Waals surface area contributed by atoms with E-state index in [2.05, 4.69) is 17.2 Å². The normalized spacial score (nSPS) is 9.55. The van der Waals surface area contributed by atoms with Gasteiger partial charge in [0, 0.05) is 31.8 Å². The van der Waals surface area contributed by atoms with Gasteiger partial charge in [-0.1, -0.05) is 6.92 Å². The lowest BCUT2D eigenvalue weighted by Gasteiger charge is -2.15. The predicted octanol–water partition coefficient (Wildman–Crippen LogP) is 1.74. The average molecular weight is 344 g/mol. The molecule has 0 spiro atoms. The van der Waals surface area contributed by atoms with Crippen molar-refractivity contribution in [1.29, 1.82) is 0 Å². The Morgan fingerprint density at radius 3 is 2.75 bits per heavy atom. The third kappa shape index (κ3) is 8.01. The minimum atomic E-state index is 0. The van der Waals surface area contributed by atoms with Crippen LogP contribution in [0.1, 0.15) is 16.8 Å². The number of methoxy groups -OCH3 is 1. The molecular weight excluding hydrogens is 321 g/mol. The summed E-state index contributed by atoms with van der Waals surface area (Å²) in [7, 11) is 3.44. The number of hydrogen-bond donors (Lipinski definition) is 1. The van der Waals surface area contributed by atoms with Gasteiger partial charge in [0.15, 0.2) is 0 Å². The van der Waals surface area contributed by atoms with Crippen LogP contribution in [0.5, 0.6) is 0 Å². The quantitative estimate of drug-likeness (QED) is 0.730. The molecule has 5 nitrogen and oxygen atoms in total. The molecule has 0 atom stereocenters. The summed E-state index contributed by atoms with van der Waals surface area (Å²) in [5, 5.41) is 4.02. The number of aromatic nitrogens is 1. The highest BCUT2D eigenvalue weighted by molar-refractivity contribution is 7.11. The SMILES string of the molecule is CCc1cnc(CN(C)C(=O)CNCCOC)s1.Cl.Cl. The van der Waals surface area contributed by atoms with Crippen LogP contribution >= 0.6 is 36.2 Å². The molecule has 0 aliphatic rings. The van der Waals surface area contributed by atoms with Crippen molar-refractivity contribution in [3.63, 3.8) is 0 Å². The number of thiazole rings is 1. The van der Waals surface area contributed by atoms with Crippen molar-refractivity contribution in [3.8, 4) is 0 Å². The fraction of sp³-hybridized carbons (Fsp3) is 0.667. The van der Waals surface area contributed by atoms with E-state index in [1.807, 2.05) is 6.20 Å². The van der Waals surface area contributed by atoms with Crippen molar-refractivity contribution in [3.05, 3.63) is 16.1 Å². The van der Waals surface area contributed by atoms with E-state index < -0.39 is 0 Å². The molecule has 0 radical (unpaired) electrons. The van der Waals surface area contributed by atoms with Gasteiger partial charge in [-0.15, -0.1) is 36.2 Å². The minimum absolute atomic E-state index is 0. The van der Waals surface area contributed by atoms with Crippen LogP contribution in [0.25, 0.3) is 0 Å². The molecule has 1 N–H and O–H groups in total. The maximum absolute atomic E-state index is 11.8. The fourth-order valence-corrected chi connectivity index (χ4v) is 2.30. The van der Waals surface area contributed by atoms with E-state index in [0.717, 1.165) is 11.4 Å². The van der Waals surface area contributed by atoms with Gasteiger partial charge >= 0.3 is 0 Å². The molecule has 1 amide bonds. The lowest BCUT2D eigenvalue weighted by atomic mass is 10.4. The first-order chi connectivity index (χ1) is 8.67. The van der Waals surface area contributed by atoms with Gasteiger partial charge in [0.2, 0.25) is 5.91 Å². The van der Waals surface area contributed by atoms with E-state index in [1.54, 1.807) is 30.4 Å². The number of rotatable bonds is 8. The summed E-state index contributed by atoms with van der Waals surface area (Å²) < 4.78 is 4.90. The van der Waals surface area contributed by atoms with Crippen LogP contribution in [0.2, 0.25) is 0 Å². The van der Waals surface area contributed by atoms with Crippen molar-refractivity contribution in [1.82, 2.24) is 15.2 Å². The van der Waals surface area contributed by atoms with Crippen LogP contribution < -0.4 is 5.32 Å². The van der Waals surface area contributed by atoms with E-state index in [1.165, 1.54) is 4.88 Å². The molecule has 20 heavy (non-hydrogen) atoms. The molecule has 0 unspecified atom stereocenters. The zero-order valence-corrected chi connectivity index (χ0v) is 14.5. The van der Waals surface area contributed by atoms with Crippen molar-refractivity contribution in [2.45, 2.75) is 19.9 Å². The van der Waals surface area contributed by atoms with Gasteiger partial charge < -0.3 is 15.0 Å². The number of likely N-dealkylation sites (N-methyl/N-ethyl adjacent to an activating group) is 1. The zero-order chi connectivity index (χ0) is 13.4. The van der Waals surface area contributed by atoms with Gasteiger partial charge in [-0.2, -0.15) is 0 Å². The minimum Gasteiger partial charge on any atom is -0.383 e. The van der Waals surface area contributed by atoms with Gasteiger partial charge in [-0.25, -0.2) is 4.98 Å². The molecule has 0 saturated carbocycles. The molecular formula is C12H23Cl2N3O2S. The third-order valence-corrected chi connectivity index (χ3v) is 3.63. The van der Waals surface area contributed by atoms with E-state index in [0.29, 0.717) is 26.2 Å².